The van der Waals surface area contributed by atoms with E-state index in [4.69, 9.17) is 23.2 Å². The summed E-state index contributed by atoms with van der Waals surface area (Å²) in [6.07, 6.45) is 2.16. The van der Waals surface area contributed by atoms with Crippen molar-refractivity contribution in [1.82, 2.24) is 10.2 Å². The van der Waals surface area contributed by atoms with Gasteiger partial charge in [0.05, 0.1) is 6.04 Å². The van der Waals surface area contributed by atoms with Gasteiger partial charge in [0.2, 0.25) is 0 Å². The number of benzene rings is 1. The molecule has 1 aromatic carbocycles. The van der Waals surface area contributed by atoms with Crippen molar-refractivity contribution < 1.29 is 4.79 Å². The Labute approximate surface area is 117 Å². The molecular formula is C13H16Cl2N2O. The topological polar surface area (TPSA) is 32.3 Å². The van der Waals surface area contributed by atoms with E-state index in [0.717, 1.165) is 18.4 Å². The third-order valence-corrected chi connectivity index (χ3v) is 3.78. The predicted molar refractivity (Wildman–Crippen MR) is 74.2 cm³/mol. The molecule has 98 valence electrons. The average Bonchev–Trinajstić information content (AvgIpc) is 3.11. The molecule has 1 aliphatic rings. The van der Waals surface area contributed by atoms with Crippen LogP contribution in [-0.4, -0.2) is 24.0 Å². The van der Waals surface area contributed by atoms with Gasteiger partial charge in [0, 0.05) is 23.1 Å². The Hall–Kier alpha value is -0.930. The van der Waals surface area contributed by atoms with Crippen LogP contribution in [0.3, 0.4) is 0 Å². The molecule has 18 heavy (non-hydrogen) atoms. The van der Waals surface area contributed by atoms with E-state index in [9.17, 15) is 4.79 Å². The zero-order valence-corrected chi connectivity index (χ0v) is 11.9. The largest absolute Gasteiger partial charge is 0.335 e. The number of carbonyl (C=O) groups is 1. The molecule has 3 nitrogen and oxygen atoms in total. The molecule has 2 amide bonds. The van der Waals surface area contributed by atoms with Gasteiger partial charge in [0.25, 0.3) is 0 Å². The molecule has 0 saturated heterocycles. The first-order valence-electron chi connectivity index (χ1n) is 5.97. The van der Waals surface area contributed by atoms with E-state index in [1.165, 1.54) is 0 Å². The summed E-state index contributed by atoms with van der Waals surface area (Å²) in [4.78, 5) is 13.6. The van der Waals surface area contributed by atoms with Gasteiger partial charge in [-0.3, -0.25) is 0 Å². The lowest BCUT2D eigenvalue weighted by molar-refractivity contribution is 0.194. The van der Waals surface area contributed by atoms with Gasteiger partial charge < -0.3 is 10.2 Å². The third-order valence-electron chi connectivity index (χ3n) is 3.22. The molecule has 5 heteroatoms. The Morgan fingerprint density at radius 1 is 1.44 bits per heavy atom. The highest BCUT2D eigenvalue weighted by molar-refractivity contribution is 6.35. The van der Waals surface area contributed by atoms with Crippen LogP contribution in [-0.2, 0) is 0 Å². The minimum absolute atomic E-state index is 0.0592. The van der Waals surface area contributed by atoms with Crippen molar-refractivity contribution >= 4 is 29.2 Å². The number of rotatable bonds is 3. The van der Waals surface area contributed by atoms with Crippen LogP contribution in [0.5, 0.6) is 0 Å². The summed E-state index contributed by atoms with van der Waals surface area (Å²) >= 11 is 12.0. The molecule has 1 fully saturated rings. The summed E-state index contributed by atoms with van der Waals surface area (Å²) in [5.74, 6) is 0. The molecule has 1 N–H and O–H groups in total. The van der Waals surface area contributed by atoms with Crippen LogP contribution in [0.25, 0.3) is 0 Å². The second kappa shape index (κ2) is 5.37. The lowest BCUT2D eigenvalue weighted by Crippen LogP contribution is -2.39. The van der Waals surface area contributed by atoms with Gasteiger partial charge in [0.1, 0.15) is 0 Å². The normalized spacial score (nSPS) is 16.2. The van der Waals surface area contributed by atoms with Gasteiger partial charge in [-0.2, -0.15) is 0 Å². The zero-order chi connectivity index (χ0) is 13.3. The second-order valence-corrected chi connectivity index (χ2v) is 5.52. The fourth-order valence-corrected chi connectivity index (χ4v) is 2.30. The quantitative estimate of drug-likeness (QED) is 0.899. The molecule has 1 aliphatic carbocycles. The molecule has 0 bridgehead atoms. The molecule has 0 aliphatic heterocycles. The van der Waals surface area contributed by atoms with Gasteiger partial charge in [-0.05, 0) is 37.5 Å². The van der Waals surface area contributed by atoms with Crippen molar-refractivity contribution in [2.45, 2.75) is 31.8 Å². The van der Waals surface area contributed by atoms with Gasteiger partial charge >= 0.3 is 6.03 Å². The third kappa shape index (κ3) is 3.09. The van der Waals surface area contributed by atoms with Crippen LogP contribution in [0, 0.1) is 0 Å². The summed E-state index contributed by atoms with van der Waals surface area (Å²) < 4.78 is 0. The molecule has 0 aromatic heterocycles. The fraction of sp³-hybridized carbons (Fsp3) is 0.462. The number of nitrogens with zero attached hydrogens (tertiary/aromatic N) is 1. The molecule has 1 aromatic rings. The fourth-order valence-electron chi connectivity index (χ4n) is 1.73. The average molecular weight is 287 g/mol. The van der Waals surface area contributed by atoms with E-state index in [1.54, 1.807) is 24.1 Å². The Bertz CT molecular complexity index is 460. The minimum atomic E-state index is -0.0893. The lowest BCUT2D eigenvalue weighted by atomic mass is 10.1. The number of hydrogen-bond acceptors (Lipinski definition) is 1. The monoisotopic (exact) mass is 286 g/mol. The Morgan fingerprint density at radius 2 is 2.11 bits per heavy atom. The highest BCUT2D eigenvalue weighted by Gasteiger charge is 2.27. The maximum absolute atomic E-state index is 11.9. The predicted octanol–water partition coefficient (Wildman–Crippen LogP) is 3.86. The molecule has 0 radical (unpaired) electrons. The van der Waals surface area contributed by atoms with Crippen molar-refractivity contribution in [2.75, 3.05) is 7.05 Å². The highest BCUT2D eigenvalue weighted by Crippen LogP contribution is 2.29. The van der Waals surface area contributed by atoms with E-state index in [0.29, 0.717) is 16.1 Å². The van der Waals surface area contributed by atoms with Crippen molar-refractivity contribution in [3.63, 3.8) is 0 Å². The number of nitrogens with one attached hydrogen (secondary N) is 1. The first-order valence-corrected chi connectivity index (χ1v) is 6.73. The van der Waals surface area contributed by atoms with Crippen molar-refractivity contribution in [2.24, 2.45) is 0 Å². The van der Waals surface area contributed by atoms with Crippen LogP contribution >= 0.6 is 23.2 Å². The van der Waals surface area contributed by atoms with Gasteiger partial charge in [-0.1, -0.05) is 29.3 Å². The summed E-state index contributed by atoms with van der Waals surface area (Å²) in [6.45, 7) is 1.95. The van der Waals surface area contributed by atoms with Crippen LogP contribution in [0.2, 0.25) is 10.0 Å². The Morgan fingerprint density at radius 3 is 2.67 bits per heavy atom. The molecule has 0 unspecified atom stereocenters. The van der Waals surface area contributed by atoms with Crippen LogP contribution in [0.15, 0.2) is 18.2 Å². The maximum atomic E-state index is 11.9. The summed E-state index contributed by atoms with van der Waals surface area (Å²) in [6, 6.07) is 5.54. The minimum Gasteiger partial charge on any atom is -0.335 e. The van der Waals surface area contributed by atoms with Crippen molar-refractivity contribution in [3.05, 3.63) is 33.8 Å². The van der Waals surface area contributed by atoms with Crippen LogP contribution < -0.4 is 5.32 Å². The van der Waals surface area contributed by atoms with Crippen LogP contribution in [0.4, 0.5) is 4.79 Å². The first-order chi connectivity index (χ1) is 8.49. The molecular weight excluding hydrogens is 271 g/mol. The van der Waals surface area contributed by atoms with Crippen molar-refractivity contribution in [3.8, 4) is 0 Å². The number of hydrogen-bond donors (Lipinski definition) is 1. The zero-order valence-electron chi connectivity index (χ0n) is 10.4. The highest BCUT2D eigenvalue weighted by atomic mass is 35.5. The van der Waals surface area contributed by atoms with E-state index in [2.05, 4.69) is 5.32 Å². The smallest absolute Gasteiger partial charge is 0.317 e. The Balaban J connectivity index is 2.08. The molecule has 1 saturated carbocycles. The van der Waals surface area contributed by atoms with Gasteiger partial charge in [-0.25, -0.2) is 4.79 Å². The SMILES string of the molecule is C[C@H](c1ccc(Cl)cc1Cl)N(C)C(=O)NC1CC1. The number of amides is 2. The van der Waals surface area contributed by atoms with Crippen LogP contribution in [0.1, 0.15) is 31.4 Å². The number of carbonyl (C=O) groups excluding carboxylic acids is 1. The van der Waals surface area contributed by atoms with E-state index in [1.807, 2.05) is 13.0 Å². The number of urea groups is 1. The second-order valence-electron chi connectivity index (χ2n) is 4.68. The van der Waals surface area contributed by atoms with Gasteiger partial charge in [-0.15, -0.1) is 0 Å². The van der Waals surface area contributed by atoms with Crippen molar-refractivity contribution in [1.29, 1.82) is 0 Å². The summed E-state index contributed by atoms with van der Waals surface area (Å²) in [7, 11) is 1.77. The van der Waals surface area contributed by atoms with E-state index in [-0.39, 0.29) is 12.1 Å². The molecule has 0 spiro atoms. The Kier molecular flexibility index (Phi) is 4.03. The van der Waals surface area contributed by atoms with E-state index >= 15 is 0 Å². The lowest BCUT2D eigenvalue weighted by Gasteiger charge is -2.26. The summed E-state index contributed by atoms with van der Waals surface area (Å²) in [5, 5.41) is 4.14. The first kappa shape index (κ1) is 13.5. The maximum Gasteiger partial charge on any atom is 0.317 e. The standard InChI is InChI=1S/C13H16Cl2N2O/c1-8(11-6-3-9(14)7-12(11)15)17(2)13(18)16-10-4-5-10/h3,6-8,10H,4-5H2,1-2H3,(H,16,18)/t8-/m1/s1. The summed E-state index contributed by atoms with van der Waals surface area (Å²) in [5.41, 5.74) is 0.898. The van der Waals surface area contributed by atoms with Gasteiger partial charge in [0.15, 0.2) is 0 Å². The molecule has 1 atom stereocenters. The molecule has 0 heterocycles. The number of halogens is 2. The van der Waals surface area contributed by atoms with E-state index < -0.39 is 0 Å². The molecule has 2 rings (SSSR count).